The normalized spacial score (nSPS) is 11.9. The smallest absolute Gasteiger partial charge is 0.449 e. The Hall–Kier alpha value is -1.14. The minimum atomic E-state index is -5.33. The number of hydrogen-bond donors (Lipinski definition) is 0. The van der Waals surface area contributed by atoms with Crippen molar-refractivity contribution >= 4 is 6.98 Å². The SMILES string of the molecule is Fc1cc(F)c(C[B-](F)(F)F)c(F)c1. The molecule has 0 N–H and O–H groups in total. The van der Waals surface area contributed by atoms with E-state index in [4.69, 9.17) is 0 Å². The van der Waals surface area contributed by atoms with E-state index in [1.54, 1.807) is 0 Å². The lowest BCUT2D eigenvalue weighted by molar-refractivity contribution is 0.455. The van der Waals surface area contributed by atoms with Gasteiger partial charge in [-0.25, -0.2) is 13.2 Å². The summed E-state index contributed by atoms with van der Waals surface area (Å²) >= 11 is 0. The molecule has 0 amide bonds. The van der Waals surface area contributed by atoms with Gasteiger partial charge in [-0.1, -0.05) is 6.32 Å². The summed E-state index contributed by atoms with van der Waals surface area (Å²) in [5.74, 6) is -4.26. The first kappa shape index (κ1) is 10.9. The molecule has 0 radical (unpaired) electrons. The maximum atomic E-state index is 12.7. The summed E-state index contributed by atoms with van der Waals surface area (Å²) in [5, 5.41) is 0. The van der Waals surface area contributed by atoms with Gasteiger partial charge in [-0.3, -0.25) is 0 Å². The number of hydrogen-bond acceptors (Lipinski definition) is 0. The van der Waals surface area contributed by atoms with Gasteiger partial charge in [-0.2, -0.15) is 0 Å². The molecule has 0 saturated heterocycles. The molecule has 0 fully saturated rings. The highest BCUT2D eigenvalue weighted by atomic mass is 19.4. The van der Waals surface area contributed by atoms with Crippen LogP contribution < -0.4 is 0 Å². The molecule has 0 nitrogen and oxygen atoms in total. The second kappa shape index (κ2) is 3.55. The number of benzene rings is 1. The first-order valence-electron chi connectivity index (χ1n) is 3.64. The predicted molar refractivity (Wildman–Crippen MR) is 39.1 cm³/mol. The molecule has 78 valence electrons. The van der Waals surface area contributed by atoms with Crippen molar-refractivity contribution in [3.8, 4) is 0 Å². The van der Waals surface area contributed by atoms with Crippen LogP contribution >= 0.6 is 0 Å². The molecule has 0 aliphatic rings. The van der Waals surface area contributed by atoms with Crippen molar-refractivity contribution in [2.45, 2.75) is 6.32 Å². The Bertz CT molecular complexity index is 322. The van der Waals surface area contributed by atoms with Gasteiger partial charge in [-0.05, 0) is 5.56 Å². The van der Waals surface area contributed by atoms with Crippen molar-refractivity contribution < 1.29 is 26.1 Å². The molecule has 0 heterocycles. The van der Waals surface area contributed by atoms with Gasteiger partial charge < -0.3 is 12.9 Å². The molecule has 0 bridgehead atoms. The zero-order valence-corrected chi connectivity index (χ0v) is 6.71. The lowest BCUT2D eigenvalue weighted by atomic mass is 9.81. The van der Waals surface area contributed by atoms with E-state index in [1.807, 2.05) is 0 Å². The highest BCUT2D eigenvalue weighted by Crippen LogP contribution is 2.22. The van der Waals surface area contributed by atoms with Gasteiger partial charge in [0.15, 0.2) is 0 Å². The zero-order chi connectivity index (χ0) is 10.9. The summed E-state index contributed by atoms with van der Waals surface area (Å²) in [6.45, 7) is -5.33. The third kappa shape index (κ3) is 2.68. The van der Waals surface area contributed by atoms with Gasteiger partial charge in [0, 0.05) is 12.1 Å². The third-order valence-electron chi connectivity index (χ3n) is 1.54. The minimum absolute atomic E-state index is 0.222. The van der Waals surface area contributed by atoms with Crippen LogP contribution in [-0.2, 0) is 6.32 Å². The van der Waals surface area contributed by atoms with Crippen LogP contribution in [0.2, 0.25) is 0 Å². The van der Waals surface area contributed by atoms with E-state index in [9.17, 15) is 26.1 Å². The lowest BCUT2D eigenvalue weighted by Crippen LogP contribution is -2.21. The maximum Gasteiger partial charge on any atom is 0.482 e. The molecule has 0 aliphatic carbocycles. The van der Waals surface area contributed by atoms with E-state index in [0.29, 0.717) is 0 Å². The molecule has 1 rings (SSSR count). The number of rotatable bonds is 2. The topological polar surface area (TPSA) is 0 Å². The largest absolute Gasteiger partial charge is 0.482 e. The fourth-order valence-electron chi connectivity index (χ4n) is 0.999. The van der Waals surface area contributed by atoms with E-state index in [1.165, 1.54) is 0 Å². The van der Waals surface area contributed by atoms with Crippen molar-refractivity contribution in [2.24, 2.45) is 0 Å². The standard InChI is InChI=1S/C7H4BF6/c9-4-1-6(10)5(7(11)2-4)3-8(12,13)14/h1-2H,3H2/q-1. The molecular formula is C7H4BF6-. The van der Waals surface area contributed by atoms with Crippen LogP contribution in [0.4, 0.5) is 26.1 Å². The van der Waals surface area contributed by atoms with Crippen LogP contribution in [0.1, 0.15) is 5.56 Å². The maximum absolute atomic E-state index is 12.7. The van der Waals surface area contributed by atoms with Crippen LogP contribution in [0.5, 0.6) is 0 Å². The van der Waals surface area contributed by atoms with Crippen LogP contribution in [0.15, 0.2) is 12.1 Å². The predicted octanol–water partition coefficient (Wildman–Crippen LogP) is 3.03. The minimum Gasteiger partial charge on any atom is -0.449 e. The average Bonchev–Trinajstić information content (AvgIpc) is 1.95. The molecule has 7 heteroatoms. The van der Waals surface area contributed by atoms with Crippen molar-refractivity contribution in [1.29, 1.82) is 0 Å². The molecule has 0 spiro atoms. The van der Waals surface area contributed by atoms with Gasteiger partial charge >= 0.3 is 6.98 Å². The summed E-state index contributed by atoms with van der Waals surface area (Å²) in [6.07, 6.45) is -1.68. The van der Waals surface area contributed by atoms with Gasteiger partial charge in [0.2, 0.25) is 0 Å². The first-order valence-corrected chi connectivity index (χ1v) is 3.64. The van der Waals surface area contributed by atoms with Crippen molar-refractivity contribution in [1.82, 2.24) is 0 Å². The average molecular weight is 213 g/mol. The molecule has 1 aromatic rings. The fraction of sp³-hybridized carbons (Fsp3) is 0.143. The van der Waals surface area contributed by atoms with E-state index < -0.39 is 36.3 Å². The van der Waals surface area contributed by atoms with Crippen LogP contribution in [0, 0.1) is 17.5 Å². The zero-order valence-electron chi connectivity index (χ0n) is 6.71. The number of halogens is 6. The van der Waals surface area contributed by atoms with Gasteiger partial charge in [-0.15, -0.1) is 0 Å². The van der Waals surface area contributed by atoms with E-state index in [0.717, 1.165) is 0 Å². The lowest BCUT2D eigenvalue weighted by Gasteiger charge is -2.14. The molecule has 0 aromatic heterocycles. The summed E-state index contributed by atoms with van der Waals surface area (Å²) < 4.78 is 73.1. The summed E-state index contributed by atoms with van der Waals surface area (Å²) in [7, 11) is 0. The quantitative estimate of drug-likeness (QED) is 0.523. The molecule has 14 heavy (non-hydrogen) atoms. The van der Waals surface area contributed by atoms with E-state index >= 15 is 0 Å². The molecule has 1 aromatic carbocycles. The Labute approximate surface area is 75.6 Å². The molecule has 0 unspecified atom stereocenters. The summed E-state index contributed by atoms with van der Waals surface area (Å²) in [6, 6.07) is 0.445. The Balaban J connectivity index is 3.09. The van der Waals surface area contributed by atoms with Crippen LogP contribution in [0.25, 0.3) is 0 Å². The van der Waals surface area contributed by atoms with E-state index in [-0.39, 0.29) is 12.1 Å². The van der Waals surface area contributed by atoms with Gasteiger partial charge in [0.25, 0.3) is 0 Å². The van der Waals surface area contributed by atoms with Gasteiger partial charge in [0.05, 0.1) is 0 Å². The molecule has 0 aliphatic heterocycles. The Morgan fingerprint density at radius 1 is 0.929 bits per heavy atom. The third-order valence-corrected chi connectivity index (χ3v) is 1.54. The Morgan fingerprint density at radius 3 is 1.71 bits per heavy atom. The van der Waals surface area contributed by atoms with Gasteiger partial charge in [0.1, 0.15) is 17.5 Å². The summed E-state index contributed by atoms with van der Waals surface area (Å²) in [5.41, 5.74) is -1.14. The van der Waals surface area contributed by atoms with Crippen molar-refractivity contribution in [3.05, 3.63) is 35.1 Å². The highest BCUT2D eigenvalue weighted by molar-refractivity contribution is 6.57. The second-order valence-electron chi connectivity index (χ2n) is 2.76. The molecule has 0 atom stereocenters. The van der Waals surface area contributed by atoms with Crippen LogP contribution in [-0.4, -0.2) is 6.98 Å². The van der Waals surface area contributed by atoms with Crippen molar-refractivity contribution in [3.63, 3.8) is 0 Å². The Kier molecular flexibility index (Phi) is 2.77. The fourth-order valence-corrected chi connectivity index (χ4v) is 0.999. The van der Waals surface area contributed by atoms with Crippen molar-refractivity contribution in [2.75, 3.05) is 0 Å². The van der Waals surface area contributed by atoms with E-state index in [2.05, 4.69) is 0 Å². The Morgan fingerprint density at radius 2 is 1.36 bits per heavy atom. The monoisotopic (exact) mass is 213 g/mol. The highest BCUT2D eigenvalue weighted by Gasteiger charge is 2.27. The molecular weight excluding hydrogens is 209 g/mol. The van der Waals surface area contributed by atoms with Crippen LogP contribution in [0.3, 0.4) is 0 Å². The molecule has 0 saturated carbocycles. The summed E-state index contributed by atoms with van der Waals surface area (Å²) in [4.78, 5) is 0. The second-order valence-corrected chi connectivity index (χ2v) is 2.76. The first-order chi connectivity index (χ1) is 6.29.